The normalized spacial score (nSPS) is 10.8. The monoisotopic (exact) mass is 391 g/mol. The van der Waals surface area contributed by atoms with Crippen LogP contribution >= 0.6 is 0 Å². The predicted octanol–water partition coefficient (Wildman–Crippen LogP) is 3.46. The zero-order chi connectivity index (χ0) is 20.4. The highest BCUT2D eigenvalue weighted by molar-refractivity contribution is 6.03. The van der Waals surface area contributed by atoms with Gasteiger partial charge in [-0.3, -0.25) is 4.79 Å². The van der Waals surface area contributed by atoms with Crippen molar-refractivity contribution in [1.82, 2.24) is 14.6 Å². The number of imidazole rings is 1. The molecule has 0 fully saturated rings. The zero-order valence-corrected chi connectivity index (χ0v) is 15.6. The summed E-state index contributed by atoms with van der Waals surface area (Å²) < 4.78 is 14.6. The number of rotatable bonds is 5. The van der Waals surface area contributed by atoms with Crippen LogP contribution in [0.25, 0.3) is 5.65 Å². The first-order valence-corrected chi connectivity index (χ1v) is 8.90. The van der Waals surface area contributed by atoms with Crippen molar-refractivity contribution in [3.05, 3.63) is 83.9 Å². The summed E-state index contributed by atoms with van der Waals surface area (Å²) in [6.07, 6.45) is 1.46. The number of benzene rings is 2. The first kappa shape index (κ1) is 18.4. The van der Waals surface area contributed by atoms with E-state index in [-0.39, 0.29) is 23.2 Å². The molecule has 0 saturated carbocycles. The van der Waals surface area contributed by atoms with E-state index in [2.05, 4.69) is 15.4 Å². The Labute approximate surface area is 166 Å². The number of hydrogen-bond donors (Lipinski definition) is 2. The van der Waals surface area contributed by atoms with Gasteiger partial charge in [0.2, 0.25) is 0 Å². The molecule has 4 rings (SSSR count). The van der Waals surface area contributed by atoms with E-state index in [1.165, 1.54) is 35.0 Å². The number of phenolic OH excluding ortho intramolecular Hbond substituents is 1. The van der Waals surface area contributed by atoms with Crippen molar-refractivity contribution < 1.29 is 14.3 Å². The second kappa shape index (κ2) is 7.59. The van der Waals surface area contributed by atoms with Crippen LogP contribution in [0, 0.1) is 5.82 Å². The summed E-state index contributed by atoms with van der Waals surface area (Å²) >= 11 is 0. The Hall–Kier alpha value is -3.94. The molecule has 0 aliphatic heterocycles. The number of fused-ring (bicyclic) bond motifs is 1. The molecule has 4 aromatic rings. The SMILES string of the molecule is CN(Cc1ccc(F)cc1)c1ccc2ncc(C(=O)Nc3ccc(O)cc3)n2n1. The lowest BCUT2D eigenvalue weighted by molar-refractivity contribution is 0.102. The van der Waals surface area contributed by atoms with E-state index in [4.69, 9.17) is 0 Å². The third-order valence-corrected chi connectivity index (χ3v) is 4.43. The molecule has 146 valence electrons. The zero-order valence-electron chi connectivity index (χ0n) is 15.6. The third kappa shape index (κ3) is 4.01. The number of aromatic hydroxyl groups is 1. The van der Waals surface area contributed by atoms with E-state index in [0.717, 1.165) is 5.56 Å². The van der Waals surface area contributed by atoms with E-state index in [9.17, 15) is 14.3 Å². The van der Waals surface area contributed by atoms with Gasteiger partial charge >= 0.3 is 0 Å². The summed E-state index contributed by atoms with van der Waals surface area (Å²) in [6.45, 7) is 0.530. The van der Waals surface area contributed by atoms with Crippen molar-refractivity contribution >= 4 is 23.1 Å². The van der Waals surface area contributed by atoms with Crippen LogP contribution in [0.15, 0.2) is 66.9 Å². The predicted molar refractivity (Wildman–Crippen MR) is 108 cm³/mol. The highest BCUT2D eigenvalue weighted by Crippen LogP contribution is 2.17. The first-order valence-electron chi connectivity index (χ1n) is 8.90. The molecular formula is C21H18FN5O2. The second-order valence-corrected chi connectivity index (χ2v) is 6.59. The van der Waals surface area contributed by atoms with E-state index >= 15 is 0 Å². The van der Waals surface area contributed by atoms with Crippen LogP contribution in [0.2, 0.25) is 0 Å². The largest absolute Gasteiger partial charge is 0.508 e. The number of anilines is 2. The maximum Gasteiger partial charge on any atom is 0.276 e. The number of carbonyl (C=O) groups is 1. The lowest BCUT2D eigenvalue weighted by Gasteiger charge is -2.18. The highest BCUT2D eigenvalue weighted by Gasteiger charge is 2.15. The molecule has 8 heteroatoms. The fourth-order valence-corrected chi connectivity index (χ4v) is 2.91. The molecule has 0 atom stereocenters. The van der Waals surface area contributed by atoms with E-state index in [1.54, 1.807) is 30.3 Å². The minimum absolute atomic E-state index is 0.119. The van der Waals surface area contributed by atoms with Crippen molar-refractivity contribution in [1.29, 1.82) is 0 Å². The van der Waals surface area contributed by atoms with Gasteiger partial charge in [-0.1, -0.05) is 12.1 Å². The molecule has 0 bridgehead atoms. The molecule has 2 aromatic heterocycles. The van der Waals surface area contributed by atoms with Gasteiger partial charge in [-0.15, -0.1) is 5.10 Å². The van der Waals surface area contributed by atoms with Crippen LogP contribution < -0.4 is 10.2 Å². The minimum Gasteiger partial charge on any atom is -0.508 e. The average molecular weight is 391 g/mol. The van der Waals surface area contributed by atoms with Crippen molar-refractivity contribution in [2.75, 3.05) is 17.3 Å². The summed E-state index contributed by atoms with van der Waals surface area (Å²) in [5.41, 5.74) is 2.31. The standard InChI is InChI=1S/C21H18FN5O2/c1-26(13-14-2-4-15(22)5-3-14)20-11-10-19-23-12-18(27(19)25-20)21(29)24-16-6-8-17(28)9-7-16/h2-12,28H,13H2,1H3,(H,24,29). The summed E-state index contributed by atoms with van der Waals surface area (Å²) in [6, 6.07) is 16.1. The van der Waals surface area contributed by atoms with Gasteiger partial charge in [0.1, 0.15) is 17.4 Å². The Morgan fingerprint density at radius 1 is 1.10 bits per heavy atom. The molecule has 0 unspecified atom stereocenters. The highest BCUT2D eigenvalue weighted by atomic mass is 19.1. The Balaban J connectivity index is 1.57. The molecule has 0 radical (unpaired) electrons. The minimum atomic E-state index is -0.367. The topological polar surface area (TPSA) is 82.8 Å². The number of nitrogens with zero attached hydrogens (tertiary/aromatic N) is 4. The van der Waals surface area contributed by atoms with Crippen LogP contribution in [0.3, 0.4) is 0 Å². The number of aromatic nitrogens is 3. The third-order valence-electron chi connectivity index (χ3n) is 4.43. The molecule has 0 saturated heterocycles. The van der Waals surface area contributed by atoms with Crippen LogP contribution in [0.4, 0.5) is 15.9 Å². The number of amides is 1. The second-order valence-electron chi connectivity index (χ2n) is 6.59. The molecule has 0 spiro atoms. The van der Waals surface area contributed by atoms with E-state index < -0.39 is 0 Å². The van der Waals surface area contributed by atoms with Gasteiger partial charge in [0.25, 0.3) is 5.91 Å². The lowest BCUT2D eigenvalue weighted by Crippen LogP contribution is -2.20. The maximum atomic E-state index is 13.1. The Morgan fingerprint density at radius 3 is 2.55 bits per heavy atom. The molecule has 1 amide bonds. The number of phenols is 1. The summed E-state index contributed by atoms with van der Waals surface area (Å²) in [5.74, 6) is 0.111. The van der Waals surface area contributed by atoms with E-state index in [1.807, 2.05) is 18.0 Å². The van der Waals surface area contributed by atoms with E-state index in [0.29, 0.717) is 23.7 Å². The van der Waals surface area contributed by atoms with Gasteiger partial charge in [0.15, 0.2) is 11.3 Å². The fraction of sp³-hybridized carbons (Fsp3) is 0.0952. The smallest absolute Gasteiger partial charge is 0.276 e. The van der Waals surface area contributed by atoms with Gasteiger partial charge in [0, 0.05) is 19.3 Å². The van der Waals surface area contributed by atoms with Gasteiger partial charge in [-0.25, -0.2) is 13.9 Å². The quantitative estimate of drug-likeness (QED) is 0.509. The number of carbonyl (C=O) groups excluding carboxylic acids is 1. The van der Waals surface area contributed by atoms with Crippen molar-refractivity contribution in [3.63, 3.8) is 0 Å². The van der Waals surface area contributed by atoms with Crippen molar-refractivity contribution in [3.8, 4) is 5.75 Å². The average Bonchev–Trinajstić information content (AvgIpc) is 3.15. The van der Waals surface area contributed by atoms with Gasteiger partial charge < -0.3 is 15.3 Å². The molecule has 0 aliphatic rings. The summed E-state index contributed by atoms with van der Waals surface area (Å²) in [7, 11) is 1.87. The number of halogens is 1. The molecule has 2 heterocycles. The summed E-state index contributed by atoms with van der Waals surface area (Å²) in [5, 5.41) is 16.6. The Morgan fingerprint density at radius 2 is 1.83 bits per heavy atom. The lowest BCUT2D eigenvalue weighted by atomic mass is 10.2. The van der Waals surface area contributed by atoms with Crippen LogP contribution in [-0.4, -0.2) is 32.7 Å². The maximum absolute atomic E-state index is 13.1. The fourth-order valence-electron chi connectivity index (χ4n) is 2.91. The van der Waals surface area contributed by atoms with Gasteiger partial charge in [-0.2, -0.15) is 0 Å². The van der Waals surface area contributed by atoms with Crippen LogP contribution in [0.5, 0.6) is 5.75 Å². The van der Waals surface area contributed by atoms with Crippen LogP contribution in [0.1, 0.15) is 16.1 Å². The number of nitrogens with one attached hydrogen (secondary N) is 1. The molecular weight excluding hydrogens is 373 g/mol. The van der Waals surface area contributed by atoms with Gasteiger partial charge in [0.05, 0.1) is 6.20 Å². The molecule has 29 heavy (non-hydrogen) atoms. The van der Waals surface area contributed by atoms with Crippen molar-refractivity contribution in [2.24, 2.45) is 0 Å². The molecule has 0 aliphatic carbocycles. The Bertz CT molecular complexity index is 1160. The van der Waals surface area contributed by atoms with Crippen molar-refractivity contribution in [2.45, 2.75) is 6.54 Å². The Kier molecular flexibility index (Phi) is 4.82. The molecule has 2 aromatic carbocycles. The first-order chi connectivity index (χ1) is 14.0. The van der Waals surface area contributed by atoms with Gasteiger partial charge in [-0.05, 0) is 54.1 Å². The van der Waals surface area contributed by atoms with Crippen LogP contribution in [-0.2, 0) is 6.54 Å². The number of hydrogen-bond acceptors (Lipinski definition) is 5. The molecule has 2 N–H and O–H groups in total. The summed E-state index contributed by atoms with van der Waals surface area (Å²) in [4.78, 5) is 18.8. The molecule has 7 nitrogen and oxygen atoms in total.